The molecule has 1 fully saturated rings. The molecule has 28 heavy (non-hydrogen) atoms. The van der Waals surface area contributed by atoms with Gasteiger partial charge in [-0.25, -0.2) is 13.1 Å². The standard InChI is InChI=1S/C20H31N3O3S.ClH/c1-15-13-17-14-19(9-10-20(17)23(15)16(2)24)27(25,26)22-12-11-21-18-7-5-3-4-6-8-18;/h9-10,14-15,18,21-22H,3-8,11-13H2,1-2H3;1H. The topological polar surface area (TPSA) is 78.5 Å². The average molecular weight is 430 g/mol. The molecule has 1 aliphatic heterocycles. The molecule has 1 unspecified atom stereocenters. The number of carbonyl (C=O) groups is 1. The van der Waals surface area contributed by atoms with Crippen LogP contribution in [0.15, 0.2) is 23.1 Å². The highest BCUT2D eigenvalue weighted by atomic mass is 35.5. The maximum absolute atomic E-state index is 12.6. The van der Waals surface area contributed by atoms with Gasteiger partial charge < -0.3 is 10.2 Å². The van der Waals surface area contributed by atoms with Crippen molar-refractivity contribution in [2.45, 2.75) is 75.8 Å². The number of hydrogen-bond donors (Lipinski definition) is 2. The summed E-state index contributed by atoms with van der Waals surface area (Å²) in [6.45, 7) is 4.54. The monoisotopic (exact) mass is 429 g/mol. The van der Waals surface area contributed by atoms with E-state index in [1.165, 1.54) is 38.5 Å². The summed E-state index contributed by atoms with van der Waals surface area (Å²) in [4.78, 5) is 13.8. The highest BCUT2D eigenvalue weighted by Crippen LogP contribution is 2.33. The molecule has 8 heteroatoms. The van der Waals surface area contributed by atoms with Crippen LogP contribution in [-0.4, -0.2) is 39.5 Å². The zero-order chi connectivity index (χ0) is 19.4. The number of fused-ring (bicyclic) bond motifs is 1. The summed E-state index contributed by atoms with van der Waals surface area (Å²) >= 11 is 0. The fourth-order valence-corrected chi connectivity index (χ4v) is 5.37. The lowest BCUT2D eigenvalue weighted by molar-refractivity contribution is -0.116. The first-order valence-electron chi connectivity index (χ1n) is 10.0. The minimum atomic E-state index is -3.54. The molecule has 6 nitrogen and oxygen atoms in total. The normalized spacial score (nSPS) is 20.4. The van der Waals surface area contributed by atoms with Crippen molar-refractivity contribution in [1.82, 2.24) is 10.0 Å². The van der Waals surface area contributed by atoms with E-state index in [-0.39, 0.29) is 29.3 Å². The highest BCUT2D eigenvalue weighted by molar-refractivity contribution is 7.89. The Hall–Kier alpha value is -1.15. The van der Waals surface area contributed by atoms with Gasteiger partial charge >= 0.3 is 0 Å². The Morgan fingerprint density at radius 1 is 1.14 bits per heavy atom. The second kappa shape index (κ2) is 10.1. The Balaban J connectivity index is 0.00000280. The largest absolute Gasteiger partial charge is 0.313 e. The molecular formula is C20H32ClN3O3S. The van der Waals surface area contributed by atoms with Gasteiger partial charge in [0, 0.05) is 37.8 Å². The van der Waals surface area contributed by atoms with Gasteiger partial charge in [-0.2, -0.15) is 0 Å². The highest BCUT2D eigenvalue weighted by Gasteiger charge is 2.30. The molecule has 1 heterocycles. The molecule has 2 N–H and O–H groups in total. The fourth-order valence-electron chi connectivity index (χ4n) is 4.28. The Kier molecular flexibility index (Phi) is 8.30. The molecule has 0 spiro atoms. The summed E-state index contributed by atoms with van der Waals surface area (Å²) < 4.78 is 27.9. The Morgan fingerprint density at radius 3 is 2.46 bits per heavy atom. The van der Waals surface area contributed by atoms with E-state index in [4.69, 9.17) is 0 Å². The summed E-state index contributed by atoms with van der Waals surface area (Å²) in [5.41, 5.74) is 1.74. The average Bonchev–Trinajstić information content (AvgIpc) is 2.77. The second-order valence-electron chi connectivity index (χ2n) is 7.77. The van der Waals surface area contributed by atoms with Crippen LogP contribution >= 0.6 is 12.4 Å². The van der Waals surface area contributed by atoms with Crippen LogP contribution in [0, 0.1) is 0 Å². The molecule has 2 aliphatic rings. The van der Waals surface area contributed by atoms with E-state index in [0.29, 0.717) is 25.6 Å². The summed E-state index contributed by atoms with van der Waals surface area (Å²) in [6, 6.07) is 5.62. The van der Waals surface area contributed by atoms with Crippen molar-refractivity contribution in [1.29, 1.82) is 0 Å². The first-order chi connectivity index (χ1) is 12.9. The van der Waals surface area contributed by atoms with Gasteiger partial charge in [0.1, 0.15) is 0 Å². The minimum Gasteiger partial charge on any atom is -0.313 e. The van der Waals surface area contributed by atoms with Crippen LogP contribution in [0.1, 0.15) is 57.9 Å². The molecule has 0 aromatic heterocycles. The van der Waals surface area contributed by atoms with Crippen molar-refractivity contribution < 1.29 is 13.2 Å². The molecule has 1 saturated carbocycles. The molecule has 1 amide bonds. The van der Waals surface area contributed by atoms with Crippen molar-refractivity contribution in [2.75, 3.05) is 18.0 Å². The number of rotatable bonds is 6. The van der Waals surface area contributed by atoms with E-state index in [0.717, 1.165) is 11.3 Å². The lowest BCUT2D eigenvalue weighted by Crippen LogP contribution is -2.36. The SMILES string of the molecule is CC(=O)N1c2ccc(S(=O)(=O)NCCNC3CCCCCC3)cc2CC1C.Cl. The molecule has 1 atom stereocenters. The van der Waals surface area contributed by atoms with Crippen molar-refractivity contribution in [2.24, 2.45) is 0 Å². The quantitative estimate of drug-likeness (QED) is 0.538. The molecule has 0 saturated heterocycles. The third-order valence-electron chi connectivity index (χ3n) is 5.62. The van der Waals surface area contributed by atoms with Crippen molar-refractivity contribution in [3.05, 3.63) is 23.8 Å². The Morgan fingerprint density at radius 2 is 1.82 bits per heavy atom. The first kappa shape index (κ1) is 23.1. The molecule has 3 rings (SSSR count). The summed E-state index contributed by atoms with van der Waals surface area (Å²) in [5, 5.41) is 3.48. The third kappa shape index (κ3) is 5.47. The van der Waals surface area contributed by atoms with Gasteiger partial charge in [-0.05, 0) is 49.9 Å². The van der Waals surface area contributed by atoms with E-state index < -0.39 is 10.0 Å². The lowest BCUT2D eigenvalue weighted by atomic mass is 10.1. The van der Waals surface area contributed by atoms with Crippen LogP contribution in [0.2, 0.25) is 0 Å². The van der Waals surface area contributed by atoms with Gasteiger partial charge in [-0.1, -0.05) is 25.7 Å². The molecular weight excluding hydrogens is 398 g/mol. The summed E-state index contributed by atoms with van der Waals surface area (Å²) in [6.07, 6.45) is 8.18. The van der Waals surface area contributed by atoms with Gasteiger partial charge in [-0.15, -0.1) is 12.4 Å². The first-order valence-corrected chi connectivity index (χ1v) is 11.5. The number of halogens is 1. The maximum atomic E-state index is 12.6. The van der Waals surface area contributed by atoms with Gasteiger partial charge in [0.2, 0.25) is 15.9 Å². The maximum Gasteiger partial charge on any atom is 0.240 e. The zero-order valence-corrected chi connectivity index (χ0v) is 18.4. The summed E-state index contributed by atoms with van der Waals surface area (Å²) in [5.74, 6) is -0.0143. The van der Waals surface area contributed by atoms with Gasteiger partial charge in [0.15, 0.2) is 0 Å². The number of anilines is 1. The number of hydrogen-bond acceptors (Lipinski definition) is 4. The van der Waals surface area contributed by atoms with Crippen LogP contribution in [0.25, 0.3) is 0 Å². The van der Waals surface area contributed by atoms with E-state index >= 15 is 0 Å². The van der Waals surface area contributed by atoms with E-state index in [1.54, 1.807) is 30.0 Å². The number of nitrogens with one attached hydrogen (secondary N) is 2. The molecule has 1 aromatic carbocycles. The molecule has 1 aromatic rings. The number of nitrogens with zero attached hydrogens (tertiary/aromatic N) is 1. The van der Waals surface area contributed by atoms with Crippen molar-refractivity contribution in [3.8, 4) is 0 Å². The van der Waals surface area contributed by atoms with Crippen LogP contribution in [0.4, 0.5) is 5.69 Å². The van der Waals surface area contributed by atoms with Crippen LogP contribution in [0.5, 0.6) is 0 Å². The summed E-state index contributed by atoms with van der Waals surface area (Å²) in [7, 11) is -3.54. The zero-order valence-electron chi connectivity index (χ0n) is 16.7. The Bertz CT molecular complexity index is 777. The number of benzene rings is 1. The molecule has 0 radical (unpaired) electrons. The van der Waals surface area contributed by atoms with E-state index in [1.807, 2.05) is 6.92 Å². The van der Waals surface area contributed by atoms with E-state index in [2.05, 4.69) is 10.0 Å². The predicted molar refractivity (Wildman–Crippen MR) is 115 cm³/mol. The van der Waals surface area contributed by atoms with Crippen molar-refractivity contribution in [3.63, 3.8) is 0 Å². The Labute approximate surface area is 174 Å². The van der Waals surface area contributed by atoms with Crippen LogP contribution in [-0.2, 0) is 21.2 Å². The number of amides is 1. The lowest BCUT2D eigenvalue weighted by Gasteiger charge is -2.20. The second-order valence-corrected chi connectivity index (χ2v) is 9.54. The fraction of sp³-hybridized carbons (Fsp3) is 0.650. The van der Waals surface area contributed by atoms with Crippen LogP contribution < -0.4 is 14.9 Å². The van der Waals surface area contributed by atoms with Crippen molar-refractivity contribution >= 4 is 34.0 Å². The minimum absolute atomic E-state index is 0. The van der Waals surface area contributed by atoms with Crippen LogP contribution in [0.3, 0.4) is 0 Å². The van der Waals surface area contributed by atoms with Gasteiger partial charge in [0.05, 0.1) is 4.90 Å². The third-order valence-corrected chi connectivity index (χ3v) is 7.08. The molecule has 158 valence electrons. The number of carbonyl (C=O) groups excluding carboxylic acids is 1. The van der Waals surface area contributed by atoms with Gasteiger partial charge in [-0.3, -0.25) is 4.79 Å². The smallest absolute Gasteiger partial charge is 0.240 e. The molecule has 1 aliphatic carbocycles. The predicted octanol–water partition coefficient (Wildman–Crippen LogP) is 3.00. The van der Waals surface area contributed by atoms with E-state index in [9.17, 15) is 13.2 Å². The molecule has 0 bridgehead atoms. The van der Waals surface area contributed by atoms with Gasteiger partial charge in [0.25, 0.3) is 0 Å². The number of sulfonamides is 1.